The summed E-state index contributed by atoms with van der Waals surface area (Å²) >= 11 is 1.52. The number of rotatable bonds is 9. The van der Waals surface area contributed by atoms with Crippen LogP contribution in [0.5, 0.6) is 0 Å². The van der Waals surface area contributed by atoms with Crippen molar-refractivity contribution in [3.8, 4) is 0 Å². The van der Waals surface area contributed by atoms with E-state index >= 15 is 0 Å². The van der Waals surface area contributed by atoms with Gasteiger partial charge in [0.2, 0.25) is 10.0 Å². The second kappa shape index (κ2) is 11.6. The fourth-order valence-electron chi connectivity index (χ4n) is 4.83. The molecule has 0 N–H and O–H groups in total. The molecule has 0 saturated carbocycles. The van der Waals surface area contributed by atoms with Gasteiger partial charge in [0.1, 0.15) is 0 Å². The standard InChI is InChI=1S/C28H38N4O3S2/c1-6-30(7-2)17-18-32(28-29-26-22(5)21(4)10-15-25(26)36-28)27(33)23-11-13-24(14-12-23)37(34,35)31-16-8-9-20(3)19-31/h10-15,20H,6-9,16-19H2,1-5H3. The predicted molar refractivity (Wildman–Crippen MR) is 152 cm³/mol. The van der Waals surface area contributed by atoms with Gasteiger partial charge in [-0.25, -0.2) is 13.4 Å². The number of amides is 1. The molecule has 1 atom stereocenters. The van der Waals surface area contributed by atoms with Crippen LogP contribution in [0.2, 0.25) is 0 Å². The van der Waals surface area contributed by atoms with Gasteiger partial charge >= 0.3 is 0 Å². The lowest BCUT2D eigenvalue weighted by molar-refractivity contribution is 0.0983. The summed E-state index contributed by atoms with van der Waals surface area (Å²) in [4.78, 5) is 22.9. The first-order valence-electron chi connectivity index (χ1n) is 13.2. The maximum absolute atomic E-state index is 13.8. The smallest absolute Gasteiger partial charge is 0.260 e. The average Bonchev–Trinajstić information content (AvgIpc) is 3.33. The molecule has 37 heavy (non-hydrogen) atoms. The van der Waals surface area contributed by atoms with Crippen molar-refractivity contribution in [3.05, 3.63) is 53.1 Å². The van der Waals surface area contributed by atoms with Crippen LogP contribution < -0.4 is 4.90 Å². The molecule has 200 valence electrons. The summed E-state index contributed by atoms with van der Waals surface area (Å²) in [6.45, 7) is 14.6. The molecule has 1 amide bonds. The highest BCUT2D eigenvalue weighted by atomic mass is 32.2. The van der Waals surface area contributed by atoms with E-state index < -0.39 is 10.0 Å². The molecule has 0 bridgehead atoms. The Morgan fingerprint density at radius 1 is 1.08 bits per heavy atom. The number of nitrogens with zero attached hydrogens (tertiary/aromatic N) is 4. The summed E-state index contributed by atoms with van der Waals surface area (Å²) in [5, 5.41) is 0.667. The molecule has 1 aliphatic heterocycles. The van der Waals surface area contributed by atoms with Crippen LogP contribution in [0.1, 0.15) is 55.1 Å². The summed E-state index contributed by atoms with van der Waals surface area (Å²) < 4.78 is 29.0. The second-order valence-corrected chi connectivity index (χ2v) is 12.9. The van der Waals surface area contributed by atoms with Crippen LogP contribution in [0.4, 0.5) is 5.13 Å². The molecular formula is C28H38N4O3S2. The lowest BCUT2D eigenvalue weighted by Gasteiger charge is -2.30. The molecule has 1 saturated heterocycles. The maximum Gasteiger partial charge on any atom is 0.260 e. The highest BCUT2D eigenvalue weighted by molar-refractivity contribution is 7.89. The minimum atomic E-state index is -3.57. The van der Waals surface area contributed by atoms with E-state index in [9.17, 15) is 13.2 Å². The van der Waals surface area contributed by atoms with Gasteiger partial charge in [-0.1, -0.05) is 38.2 Å². The van der Waals surface area contributed by atoms with E-state index in [-0.39, 0.29) is 10.8 Å². The zero-order valence-corrected chi connectivity index (χ0v) is 24.2. The van der Waals surface area contributed by atoms with Crippen molar-refractivity contribution < 1.29 is 13.2 Å². The molecule has 1 aromatic heterocycles. The third-order valence-electron chi connectivity index (χ3n) is 7.44. The van der Waals surface area contributed by atoms with E-state index in [0.29, 0.717) is 36.2 Å². The molecular weight excluding hydrogens is 504 g/mol. The van der Waals surface area contributed by atoms with Crippen molar-refractivity contribution in [2.45, 2.75) is 52.4 Å². The van der Waals surface area contributed by atoms with Crippen LogP contribution >= 0.6 is 11.3 Å². The number of carbonyl (C=O) groups is 1. The average molecular weight is 543 g/mol. The number of benzene rings is 2. The summed E-state index contributed by atoms with van der Waals surface area (Å²) in [5.41, 5.74) is 3.68. The maximum atomic E-state index is 13.8. The number of fused-ring (bicyclic) bond motifs is 1. The van der Waals surface area contributed by atoms with Crippen LogP contribution in [0.25, 0.3) is 10.2 Å². The number of carbonyl (C=O) groups excluding carboxylic acids is 1. The zero-order chi connectivity index (χ0) is 26.7. The van der Waals surface area contributed by atoms with E-state index in [0.717, 1.165) is 48.3 Å². The van der Waals surface area contributed by atoms with Gasteiger partial charge in [-0.3, -0.25) is 9.69 Å². The normalized spacial score (nSPS) is 17.0. The van der Waals surface area contributed by atoms with E-state index in [2.05, 4.69) is 51.7 Å². The monoisotopic (exact) mass is 542 g/mol. The molecule has 1 aliphatic rings. The minimum Gasteiger partial charge on any atom is -0.302 e. The predicted octanol–water partition coefficient (Wildman–Crippen LogP) is 5.32. The number of thiazole rings is 1. The zero-order valence-electron chi connectivity index (χ0n) is 22.5. The molecule has 3 aromatic rings. The van der Waals surface area contributed by atoms with Gasteiger partial charge in [0.25, 0.3) is 5.91 Å². The topological polar surface area (TPSA) is 73.8 Å². The van der Waals surface area contributed by atoms with Gasteiger partial charge in [0.05, 0.1) is 15.1 Å². The first-order chi connectivity index (χ1) is 17.6. The largest absolute Gasteiger partial charge is 0.302 e. The molecule has 0 spiro atoms. The van der Waals surface area contributed by atoms with E-state index in [1.807, 2.05) is 0 Å². The number of likely N-dealkylation sites (N-methyl/N-ethyl adjacent to an activating group) is 1. The third-order valence-corrected chi connectivity index (χ3v) is 10.4. The SMILES string of the molecule is CCN(CC)CCN(C(=O)c1ccc(S(=O)(=O)N2CCCC(C)C2)cc1)c1nc2c(C)c(C)ccc2s1. The minimum absolute atomic E-state index is 0.170. The Bertz CT molecular complexity index is 1350. The van der Waals surface area contributed by atoms with Gasteiger partial charge < -0.3 is 4.90 Å². The van der Waals surface area contributed by atoms with E-state index in [4.69, 9.17) is 4.98 Å². The molecule has 0 aliphatic carbocycles. The number of anilines is 1. The highest BCUT2D eigenvalue weighted by Crippen LogP contribution is 2.33. The van der Waals surface area contributed by atoms with Crippen LogP contribution in [-0.4, -0.2) is 67.8 Å². The van der Waals surface area contributed by atoms with E-state index in [1.165, 1.54) is 16.9 Å². The van der Waals surface area contributed by atoms with Crippen molar-refractivity contribution in [2.75, 3.05) is 44.2 Å². The number of aryl methyl sites for hydroxylation is 2. The van der Waals surface area contributed by atoms with Crippen molar-refractivity contribution in [1.82, 2.24) is 14.2 Å². The molecule has 7 nitrogen and oxygen atoms in total. The number of hydrogen-bond acceptors (Lipinski definition) is 6. The fourth-order valence-corrected chi connectivity index (χ4v) is 7.48. The summed E-state index contributed by atoms with van der Waals surface area (Å²) in [7, 11) is -3.57. The van der Waals surface area contributed by atoms with Crippen LogP contribution in [0.15, 0.2) is 41.3 Å². The fraction of sp³-hybridized carbons (Fsp3) is 0.500. The molecule has 1 unspecified atom stereocenters. The first-order valence-corrected chi connectivity index (χ1v) is 15.4. The van der Waals surface area contributed by atoms with Gasteiger partial charge in [-0.05, 0) is 87.2 Å². The number of sulfonamides is 1. The van der Waals surface area contributed by atoms with Crippen molar-refractivity contribution >= 4 is 42.6 Å². The van der Waals surface area contributed by atoms with Gasteiger partial charge in [-0.15, -0.1) is 0 Å². The van der Waals surface area contributed by atoms with Crippen molar-refractivity contribution in [3.63, 3.8) is 0 Å². The Hall–Kier alpha value is -2.33. The lowest BCUT2D eigenvalue weighted by Crippen LogP contribution is -2.39. The van der Waals surface area contributed by atoms with Gasteiger partial charge in [0.15, 0.2) is 5.13 Å². The summed E-state index contributed by atoms with van der Waals surface area (Å²) in [6, 6.07) is 10.6. The number of piperidine rings is 1. The Morgan fingerprint density at radius 3 is 2.43 bits per heavy atom. The molecule has 4 rings (SSSR count). The van der Waals surface area contributed by atoms with Gasteiger partial charge in [0, 0.05) is 31.7 Å². The summed E-state index contributed by atoms with van der Waals surface area (Å²) in [6.07, 6.45) is 1.92. The molecule has 9 heteroatoms. The molecule has 0 radical (unpaired) electrons. The third kappa shape index (κ3) is 5.90. The quantitative estimate of drug-likeness (QED) is 0.366. The number of hydrogen-bond donors (Lipinski definition) is 0. The van der Waals surface area contributed by atoms with E-state index in [1.54, 1.807) is 33.5 Å². The number of aromatic nitrogens is 1. The Balaban J connectivity index is 1.63. The Morgan fingerprint density at radius 2 is 1.78 bits per heavy atom. The first kappa shape index (κ1) is 27.7. The lowest BCUT2D eigenvalue weighted by atomic mass is 10.0. The Kier molecular flexibility index (Phi) is 8.68. The van der Waals surface area contributed by atoms with Crippen LogP contribution in [-0.2, 0) is 10.0 Å². The van der Waals surface area contributed by atoms with Crippen LogP contribution in [0, 0.1) is 19.8 Å². The highest BCUT2D eigenvalue weighted by Gasteiger charge is 2.29. The summed E-state index contributed by atoms with van der Waals surface area (Å²) in [5.74, 6) is 0.182. The Labute approximate surface area is 225 Å². The van der Waals surface area contributed by atoms with Gasteiger partial charge in [-0.2, -0.15) is 4.31 Å². The van der Waals surface area contributed by atoms with Crippen LogP contribution in [0.3, 0.4) is 0 Å². The van der Waals surface area contributed by atoms with Crippen molar-refractivity contribution in [2.24, 2.45) is 5.92 Å². The molecule has 2 aromatic carbocycles. The molecule has 1 fully saturated rings. The molecule has 2 heterocycles. The van der Waals surface area contributed by atoms with Crippen molar-refractivity contribution in [1.29, 1.82) is 0 Å². The second-order valence-electron chi connectivity index (χ2n) is 9.97.